The molecule has 0 aliphatic heterocycles. The van der Waals surface area contributed by atoms with E-state index in [0.29, 0.717) is 23.1 Å². The number of nitrogens with zero attached hydrogens (tertiary/aromatic N) is 1. The first kappa shape index (κ1) is 17.0. The summed E-state index contributed by atoms with van der Waals surface area (Å²) in [5.41, 5.74) is 0.855. The summed E-state index contributed by atoms with van der Waals surface area (Å²) in [5.74, 6) is -0.722. The molecule has 2 N–H and O–H groups in total. The summed E-state index contributed by atoms with van der Waals surface area (Å²) in [7, 11) is 0. The van der Waals surface area contributed by atoms with Crippen LogP contribution in [0.2, 0.25) is 5.02 Å². The Hall–Kier alpha value is -2.34. The fraction of sp³-hybridized carbons (Fsp3) is 0.312. The Balaban J connectivity index is 1.84. The van der Waals surface area contributed by atoms with E-state index >= 15 is 0 Å². The van der Waals surface area contributed by atoms with Gasteiger partial charge in [0, 0.05) is 30.0 Å². The number of oxazole rings is 1. The first-order valence-corrected chi connectivity index (χ1v) is 7.53. The predicted molar refractivity (Wildman–Crippen MR) is 85.1 cm³/mol. The lowest BCUT2D eigenvalue weighted by atomic mass is 10.2. The molecule has 2 rings (SSSR count). The van der Waals surface area contributed by atoms with Crippen molar-refractivity contribution in [2.24, 2.45) is 5.92 Å². The highest BCUT2D eigenvalue weighted by molar-refractivity contribution is 6.30. The van der Waals surface area contributed by atoms with Gasteiger partial charge in [0.25, 0.3) is 0 Å². The number of rotatable bonds is 7. The molecule has 7 heteroatoms. The van der Waals surface area contributed by atoms with Gasteiger partial charge in [-0.2, -0.15) is 0 Å². The zero-order valence-electron chi connectivity index (χ0n) is 12.6. The van der Waals surface area contributed by atoms with Crippen LogP contribution in [0.3, 0.4) is 0 Å². The Kier molecular flexibility index (Phi) is 5.76. The third-order valence-corrected chi connectivity index (χ3v) is 3.53. The van der Waals surface area contributed by atoms with Crippen molar-refractivity contribution in [3.8, 4) is 11.3 Å². The minimum absolute atomic E-state index is 0.107. The molecule has 1 atom stereocenters. The summed E-state index contributed by atoms with van der Waals surface area (Å²) in [5, 5.41) is 12.0. The minimum atomic E-state index is -0.939. The van der Waals surface area contributed by atoms with Crippen LogP contribution in [0.4, 0.5) is 0 Å². The first-order valence-electron chi connectivity index (χ1n) is 7.16. The Morgan fingerprint density at radius 3 is 2.70 bits per heavy atom. The van der Waals surface area contributed by atoms with Crippen molar-refractivity contribution >= 4 is 23.5 Å². The number of aryl methyl sites for hydroxylation is 1. The molecule has 0 aliphatic carbocycles. The fourth-order valence-corrected chi connectivity index (χ4v) is 1.96. The first-order chi connectivity index (χ1) is 11.0. The van der Waals surface area contributed by atoms with Gasteiger partial charge in [0.15, 0.2) is 11.7 Å². The van der Waals surface area contributed by atoms with Crippen molar-refractivity contribution in [3.05, 3.63) is 41.4 Å². The number of nitrogens with one attached hydrogen (secondary N) is 1. The molecule has 23 heavy (non-hydrogen) atoms. The van der Waals surface area contributed by atoms with Crippen molar-refractivity contribution in [2.45, 2.75) is 19.8 Å². The summed E-state index contributed by atoms with van der Waals surface area (Å²) in [6, 6.07) is 7.17. The van der Waals surface area contributed by atoms with Crippen molar-refractivity contribution in [2.75, 3.05) is 6.54 Å². The molecule has 0 radical (unpaired) electrons. The second-order valence-electron chi connectivity index (χ2n) is 5.17. The van der Waals surface area contributed by atoms with E-state index in [9.17, 15) is 9.59 Å². The molecule has 0 spiro atoms. The van der Waals surface area contributed by atoms with Crippen LogP contribution in [-0.2, 0) is 16.0 Å². The standard InChI is InChI=1S/C16H17ClN2O4/c1-10(16(21)22)8-18-14(20)6-7-15-19-9-13(23-15)11-2-4-12(17)5-3-11/h2-5,9-10H,6-8H2,1H3,(H,18,20)(H,21,22). The van der Waals surface area contributed by atoms with Gasteiger partial charge in [-0.05, 0) is 24.3 Å². The molecule has 122 valence electrons. The van der Waals surface area contributed by atoms with Gasteiger partial charge in [0.05, 0.1) is 12.1 Å². The maximum Gasteiger partial charge on any atom is 0.308 e. The predicted octanol–water partition coefficient (Wildman–Crippen LogP) is 2.76. The van der Waals surface area contributed by atoms with Crippen LogP contribution in [0.25, 0.3) is 11.3 Å². The number of amides is 1. The molecule has 6 nitrogen and oxygen atoms in total. The minimum Gasteiger partial charge on any atom is -0.481 e. The largest absolute Gasteiger partial charge is 0.481 e. The van der Waals surface area contributed by atoms with Crippen molar-refractivity contribution in [1.82, 2.24) is 10.3 Å². The van der Waals surface area contributed by atoms with E-state index in [0.717, 1.165) is 5.56 Å². The van der Waals surface area contributed by atoms with E-state index in [-0.39, 0.29) is 18.9 Å². The third kappa shape index (κ3) is 5.10. The number of benzene rings is 1. The average Bonchev–Trinajstić information content (AvgIpc) is 3.00. The van der Waals surface area contributed by atoms with Gasteiger partial charge in [-0.25, -0.2) is 4.98 Å². The van der Waals surface area contributed by atoms with E-state index in [4.69, 9.17) is 21.1 Å². The van der Waals surface area contributed by atoms with Crippen molar-refractivity contribution in [3.63, 3.8) is 0 Å². The van der Waals surface area contributed by atoms with Gasteiger partial charge in [-0.3, -0.25) is 9.59 Å². The molecule has 0 fully saturated rings. The molecule has 0 aliphatic rings. The summed E-state index contributed by atoms with van der Waals surface area (Å²) in [4.78, 5) is 26.5. The smallest absolute Gasteiger partial charge is 0.308 e. The maximum atomic E-state index is 11.7. The highest BCUT2D eigenvalue weighted by Crippen LogP contribution is 2.22. The lowest BCUT2D eigenvalue weighted by Crippen LogP contribution is -2.31. The van der Waals surface area contributed by atoms with Crippen molar-refractivity contribution < 1.29 is 19.1 Å². The van der Waals surface area contributed by atoms with Gasteiger partial charge in [0.2, 0.25) is 5.91 Å². The quantitative estimate of drug-likeness (QED) is 0.811. The molecular weight excluding hydrogens is 320 g/mol. The summed E-state index contributed by atoms with van der Waals surface area (Å²) in [6.45, 7) is 1.64. The molecule has 0 bridgehead atoms. The van der Waals surface area contributed by atoms with E-state index in [1.165, 1.54) is 6.92 Å². The van der Waals surface area contributed by atoms with Crippen LogP contribution in [0.5, 0.6) is 0 Å². The molecule has 2 aromatic rings. The monoisotopic (exact) mass is 336 g/mol. The van der Waals surface area contributed by atoms with Gasteiger partial charge in [-0.1, -0.05) is 18.5 Å². The Morgan fingerprint density at radius 2 is 2.04 bits per heavy atom. The van der Waals surface area contributed by atoms with Crippen LogP contribution >= 0.6 is 11.6 Å². The van der Waals surface area contributed by atoms with Crippen LogP contribution in [0.1, 0.15) is 19.2 Å². The van der Waals surface area contributed by atoms with Gasteiger partial charge in [-0.15, -0.1) is 0 Å². The fourth-order valence-electron chi connectivity index (χ4n) is 1.84. The van der Waals surface area contributed by atoms with E-state index in [2.05, 4.69) is 10.3 Å². The van der Waals surface area contributed by atoms with Crippen LogP contribution in [0, 0.1) is 5.92 Å². The van der Waals surface area contributed by atoms with Gasteiger partial charge in [0.1, 0.15) is 0 Å². The Bertz CT molecular complexity index is 682. The number of carbonyl (C=O) groups is 2. The summed E-state index contributed by atoms with van der Waals surface area (Å²) in [6.07, 6.45) is 2.14. The Morgan fingerprint density at radius 1 is 1.35 bits per heavy atom. The number of hydrogen-bond donors (Lipinski definition) is 2. The number of carboxylic acid groups (broad SMARTS) is 1. The molecule has 1 unspecified atom stereocenters. The van der Waals surface area contributed by atoms with Crippen LogP contribution in [-0.4, -0.2) is 28.5 Å². The topological polar surface area (TPSA) is 92.4 Å². The molecular formula is C16H17ClN2O4. The summed E-state index contributed by atoms with van der Waals surface area (Å²) >= 11 is 5.83. The number of aromatic nitrogens is 1. The highest BCUT2D eigenvalue weighted by atomic mass is 35.5. The molecule has 1 amide bonds. The molecule has 1 heterocycles. The van der Waals surface area contributed by atoms with Gasteiger partial charge < -0.3 is 14.8 Å². The second-order valence-corrected chi connectivity index (χ2v) is 5.60. The zero-order chi connectivity index (χ0) is 16.8. The van der Waals surface area contributed by atoms with E-state index < -0.39 is 11.9 Å². The SMILES string of the molecule is CC(CNC(=O)CCc1ncc(-c2ccc(Cl)cc2)o1)C(=O)O. The van der Waals surface area contributed by atoms with Crippen molar-refractivity contribution in [1.29, 1.82) is 0 Å². The number of aliphatic carboxylic acids is 1. The second kappa shape index (κ2) is 7.78. The number of hydrogen-bond acceptors (Lipinski definition) is 4. The molecule has 0 saturated heterocycles. The van der Waals surface area contributed by atoms with E-state index in [1.807, 2.05) is 12.1 Å². The normalized spacial score (nSPS) is 11.9. The van der Waals surface area contributed by atoms with Crippen LogP contribution < -0.4 is 5.32 Å². The number of halogens is 1. The molecule has 0 saturated carbocycles. The Labute approximate surface area is 138 Å². The lowest BCUT2D eigenvalue weighted by molar-refractivity contribution is -0.141. The lowest BCUT2D eigenvalue weighted by Gasteiger charge is -2.07. The van der Waals surface area contributed by atoms with Gasteiger partial charge >= 0.3 is 5.97 Å². The van der Waals surface area contributed by atoms with Crippen LogP contribution in [0.15, 0.2) is 34.9 Å². The third-order valence-electron chi connectivity index (χ3n) is 3.28. The highest BCUT2D eigenvalue weighted by Gasteiger charge is 2.13. The van der Waals surface area contributed by atoms with E-state index in [1.54, 1.807) is 18.3 Å². The molecule has 1 aromatic carbocycles. The average molecular weight is 337 g/mol. The number of carbonyl (C=O) groups excluding carboxylic acids is 1. The zero-order valence-corrected chi connectivity index (χ0v) is 13.3. The number of carboxylic acids is 1. The maximum absolute atomic E-state index is 11.7. The molecule has 1 aromatic heterocycles. The summed E-state index contributed by atoms with van der Waals surface area (Å²) < 4.78 is 5.60.